The van der Waals surface area contributed by atoms with Crippen LogP contribution in [0.2, 0.25) is 5.02 Å². The summed E-state index contributed by atoms with van der Waals surface area (Å²) in [5.74, 6) is -0.598. The van der Waals surface area contributed by atoms with Gasteiger partial charge >= 0.3 is 5.97 Å². The molecule has 0 aliphatic carbocycles. The van der Waals surface area contributed by atoms with Crippen LogP contribution in [0.15, 0.2) is 18.2 Å². The van der Waals surface area contributed by atoms with E-state index in [4.69, 9.17) is 25.8 Å². The van der Waals surface area contributed by atoms with E-state index in [0.29, 0.717) is 35.3 Å². The third-order valence-corrected chi connectivity index (χ3v) is 3.76. The monoisotopic (exact) mass is 410 g/mol. The first-order valence-electron chi connectivity index (χ1n) is 8.85. The first kappa shape index (κ1) is 21.6. The number of carbonyl (C=O) groups is 3. The Hall–Kier alpha value is -2.74. The van der Waals surface area contributed by atoms with Crippen LogP contribution in [0.3, 0.4) is 0 Å². The van der Waals surface area contributed by atoms with Crippen molar-refractivity contribution in [2.75, 3.05) is 26.4 Å². The molecule has 0 unspecified atom stereocenters. The number of esters is 1. The lowest BCUT2D eigenvalue weighted by Crippen LogP contribution is -2.41. The lowest BCUT2D eigenvalue weighted by molar-refractivity contribution is -0.143. The minimum absolute atomic E-state index is 0.0224. The molecule has 1 aliphatic heterocycles. The SMILES string of the molecule is CC(C)NC(=O)CNC(=O)COC(=O)/C=C/c1cc(Cl)c2c(c1)OCCCO2. The van der Waals surface area contributed by atoms with Crippen LogP contribution in [0, 0.1) is 0 Å². The normalized spacial score (nSPS) is 13.1. The summed E-state index contributed by atoms with van der Waals surface area (Å²) in [7, 11) is 0. The molecule has 0 fully saturated rings. The first-order chi connectivity index (χ1) is 13.3. The van der Waals surface area contributed by atoms with E-state index in [9.17, 15) is 14.4 Å². The Morgan fingerprint density at radius 3 is 2.71 bits per heavy atom. The second kappa shape index (κ2) is 10.6. The molecule has 28 heavy (non-hydrogen) atoms. The number of rotatable bonds is 7. The summed E-state index contributed by atoms with van der Waals surface area (Å²) in [4.78, 5) is 34.8. The average molecular weight is 411 g/mol. The van der Waals surface area contributed by atoms with Crippen molar-refractivity contribution in [2.45, 2.75) is 26.3 Å². The molecule has 2 N–H and O–H groups in total. The van der Waals surface area contributed by atoms with Crippen LogP contribution in [0.25, 0.3) is 6.08 Å². The maximum Gasteiger partial charge on any atom is 0.331 e. The predicted octanol–water partition coefficient (Wildman–Crippen LogP) is 1.70. The van der Waals surface area contributed by atoms with Crippen molar-refractivity contribution < 1.29 is 28.6 Å². The molecule has 0 bridgehead atoms. The molecule has 0 radical (unpaired) electrons. The summed E-state index contributed by atoms with van der Waals surface area (Å²) in [5.41, 5.74) is 0.626. The van der Waals surface area contributed by atoms with Crippen molar-refractivity contribution in [3.8, 4) is 11.5 Å². The van der Waals surface area contributed by atoms with Crippen LogP contribution >= 0.6 is 11.6 Å². The van der Waals surface area contributed by atoms with Crippen LogP contribution in [0.4, 0.5) is 0 Å². The highest BCUT2D eigenvalue weighted by molar-refractivity contribution is 6.32. The molecule has 0 atom stereocenters. The molecule has 1 aromatic carbocycles. The van der Waals surface area contributed by atoms with Crippen LogP contribution in [0.1, 0.15) is 25.8 Å². The number of benzene rings is 1. The Kier molecular flexibility index (Phi) is 8.13. The molecule has 2 amide bonds. The smallest absolute Gasteiger partial charge is 0.331 e. The molecule has 1 heterocycles. The van der Waals surface area contributed by atoms with Gasteiger partial charge in [-0.25, -0.2) is 4.79 Å². The van der Waals surface area contributed by atoms with Crippen LogP contribution in [0.5, 0.6) is 11.5 Å². The third kappa shape index (κ3) is 7.11. The van der Waals surface area contributed by atoms with Gasteiger partial charge in [-0.1, -0.05) is 11.6 Å². The third-order valence-electron chi connectivity index (χ3n) is 3.48. The van der Waals surface area contributed by atoms with E-state index < -0.39 is 18.5 Å². The molecule has 0 spiro atoms. The van der Waals surface area contributed by atoms with Gasteiger partial charge in [0.25, 0.3) is 5.91 Å². The fraction of sp³-hybridized carbons (Fsp3) is 0.421. The van der Waals surface area contributed by atoms with Crippen molar-refractivity contribution in [1.82, 2.24) is 10.6 Å². The highest BCUT2D eigenvalue weighted by Gasteiger charge is 2.15. The van der Waals surface area contributed by atoms with Gasteiger partial charge in [0.2, 0.25) is 5.91 Å². The van der Waals surface area contributed by atoms with Crippen molar-refractivity contribution in [1.29, 1.82) is 0 Å². The summed E-state index contributed by atoms with van der Waals surface area (Å²) in [6, 6.07) is 3.32. The molecular weight excluding hydrogens is 388 g/mol. The van der Waals surface area contributed by atoms with E-state index in [-0.39, 0.29) is 18.5 Å². The molecule has 0 aromatic heterocycles. The summed E-state index contributed by atoms with van der Waals surface area (Å²) in [6.45, 7) is 3.99. The number of fused-ring (bicyclic) bond motifs is 1. The number of ether oxygens (including phenoxy) is 3. The zero-order valence-electron chi connectivity index (χ0n) is 15.7. The van der Waals surface area contributed by atoms with Crippen molar-refractivity contribution in [2.24, 2.45) is 0 Å². The van der Waals surface area contributed by atoms with E-state index in [1.807, 2.05) is 13.8 Å². The molecule has 9 heteroatoms. The van der Waals surface area contributed by atoms with E-state index in [1.54, 1.807) is 12.1 Å². The van der Waals surface area contributed by atoms with E-state index in [2.05, 4.69) is 10.6 Å². The fourth-order valence-electron chi connectivity index (χ4n) is 2.30. The molecule has 0 saturated carbocycles. The van der Waals surface area contributed by atoms with Crippen molar-refractivity contribution >= 4 is 35.5 Å². The molecular formula is C19H23ClN2O6. The van der Waals surface area contributed by atoms with Gasteiger partial charge < -0.3 is 24.8 Å². The number of hydrogen-bond donors (Lipinski definition) is 2. The number of nitrogens with one attached hydrogen (secondary N) is 2. The maximum atomic E-state index is 11.8. The number of carbonyl (C=O) groups excluding carboxylic acids is 3. The summed E-state index contributed by atoms with van der Waals surface area (Å²) < 4.78 is 16.0. The van der Waals surface area contributed by atoms with Gasteiger partial charge in [-0.2, -0.15) is 0 Å². The van der Waals surface area contributed by atoms with Gasteiger partial charge in [0.15, 0.2) is 18.1 Å². The van der Waals surface area contributed by atoms with Gasteiger partial charge in [0, 0.05) is 18.5 Å². The second-order valence-electron chi connectivity index (χ2n) is 6.32. The van der Waals surface area contributed by atoms with E-state index in [0.717, 1.165) is 6.42 Å². The summed E-state index contributed by atoms with van der Waals surface area (Å²) >= 11 is 6.19. The highest BCUT2D eigenvalue weighted by atomic mass is 35.5. The number of halogens is 1. The van der Waals surface area contributed by atoms with Crippen molar-refractivity contribution in [3.63, 3.8) is 0 Å². The molecule has 2 rings (SSSR count). The lowest BCUT2D eigenvalue weighted by Gasteiger charge is -2.10. The molecule has 0 saturated heterocycles. The summed E-state index contributed by atoms with van der Waals surface area (Å²) in [5, 5.41) is 5.37. The quantitative estimate of drug-likeness (QED) is 0.524. The Morgan fingerprint density at radius 1 is 1.21 bits per heavy atom. The zero-order valence-corrected chi connectivity index (χ0v) is 16.5. The van der Waals surface area contributed by atoms with E-state index in [1.165, 1.54) is 12.2 Å². The minimum atomic E-state index is -0.704. The minimum Gasteiger partial charge on any atom is -0.489 e. The van der Waals surface area contributed by atoms with E-state index >= 15 is 0 Å². The molecule has 8 nitrogen and oxygen atoms in total. The topological polar surface area (TPSA) is 103 Å². The van der Waals surface area contributed by atoms with Gasteiger partial charge in [-0.15, -0.1) is 0 Å². The Morgan fingerprint density at radius 2 is 1.96 bits per heavy atom. The number of hydrogen-bond acceptors (Lipinski definition) is 6. The average Bonchev–Trinajstić information content (AvgIpc) is 2.88. The zero-order chi connectivity index (χ0) is 20.5. The Balaban J connectivity index is 1.82. The van der Waals surface area contributed by atoms with Gasteiger partial charge in [-0.3, -0.25) is 9.59 Å². The van der Waals surface area contributed by atoms with Crippen molar-refractivity contribution in [3.05, 3.63) is 28.8 Å². The van der Waals surface area contributed by atoms with Crippen LogP contribution in [-0.4, -0.2) is 50.2 Å². The fourth-order valence-corrected chi connectivity index (χ4v) is 2.57. The molecule has 152 valence electrons. The standard InChI is InChI=1S/C19H23ClN2O6/c1-12(2)22-16(23)10-21-17(24)11-28-18(25)5-4-13-8-14(20)19-15(9-13)26-6-3-7-27-19/h4-5,8-9,12H,3,6-7,10-11H2,1-2H3,(H,21,24)(H,22,23)/b5-4+. The lowest BCUT2D eigenvalue weighted by atomic mass is 10.2. The first-order valence-corrected chi connectivity index (χ1v) is 9.23. The number of amides is 2. The van der Waals surface area contributed by atoms with Gasteiger partial charge in [0.1, 0.15) is 0 Å². The molecule has 1 aliphatic rings. The predicted molar refractivity (Wildman–Crippen MR) is 103 cm³/mol. The van der Waals surface area contributed by atoms with Crippen LogP contribution < -0.4 is 20.1 Å². The summed E-state index contributed by atoms with van der Waals surface area (Å²) in [6.07, 6.45) is 3.43. The Bertz CT molecular complexity index is 763. The largest absolute Gasteiger partial charge is 0.489 e. The molecule has 1 aromatic rings. The van der Waals surface area contributed by atoms with Gasteiger partial charge in [0.05, 0.1) is 24.8 Å². The highest BCUT2D eigenvalue weighted by Crippen LogP contribution is 2.38. The Labute approximate surface area is 168 Å². The van der Waals surface area contributed by atoms with Crippen LogP contribution in [-0.2, 0) is 19.1 Å². The second-order valence-corrected chi connectivity index (χ2v) is 6.73. The van der Waals surface area contributed by atoms with Gasteiger partial charge in [-0.05, 0) is 37.6 Å². The maximum absolute atomic E-state index is 11.8.